The number of hydrogen-bond donors (Lipinski definition) is 0. The predicted octanol–water partition coefficient (Wildman–Crippen LogP) is 4.58. The number of carbonyl (C=O) groups is 2. The lowest BCUT2D eigenvalue weighted by molar-refractivity contribution is -0.161. The van der Waals surface area contributed by atoms with Gasteiger partial charge in [-0.05, 0) is 16.7 Å². The Kier molecular flexibility index (Phi) is 5.49. The van der Waals surface area contributed by atoms with E-state index in [1.165, 1.54) is 0 Å². The van der Waals surface area contributed by atoms with Gasteiger partial charge in [-0.1, -0.05) is 107 Å². The highest BCUT2D eigenvalue weighted by Gasteiger charge is 2.55. The molecule has 1 heterocycles. The zero-order valence-electron chi connectivity index (χ0n) is 15.5. The number of hydrogen-bond acceptors (Lipinski definition) is 4. The largest absolute Gasteiger partial charge is 0.461 e. The van der Waals surface area contributed by atoms with Gasteiger partial charge < -0.3 is 9.47 Å². The van der Waals surface area contributed by atoms with Gasteiger partial charge in [-0.3, -0.25) is 4.79 Å². The summed E-state index contributed by atoms with van der Waals surface area (Å²) in [4.78, 5) is 25.0. The van der Waals surface area contributed by atoms with Crippen molar-refractivity contribution in [3.63, 3.8) is 0 Å². The summed E-state index contributed by atoms with van der Waals surface area (Å²) in [5.41, 5.74) is 1.58. The average Bonchev–Trinajstić information content (AvgIpc) is 3.12. The van der Waals surface area contributed by atoms with E-state index in [4.69, 9.17) is 9.47 Å². The Morgan fingerprint density at radius 3 is 1.90 bits per heavy atom. The van der Waals surface area contributed by atoms with Crippen LogP contribution in [0.2, 0.25) is 0 Å². The Balaban J connectivity index is 1.73. The average molecular weight is 451 g/mol. The number of alkyl halides is 1. The number of ether oxygens (including phenoxy) is 2. The first kappa shape index (κ1) is 19.4. The quantitative estimate of drug-likeness (QED) is 0.421. The first-order chi connectivity index (χ1) is 14.1. The van der Waals surface area contributed by atoms with Crippen molar-refractivity contribution in [1.29, 1.82) is 0 Å². The van der Waals surface area contributed by atoms with Crippen LogP contribution in [0.5, 0.6) is 0 Å². The van der Waals surface area contributed by atoms with Gasteiger partial charge >= 0.3 is 11.9 Å². The number of cyclic esters (lactones) is 1. The zero-order chi connectivity index (χ0) is 20.3. The number of esters is 2. The van der Waals surface area contributed by atoms with Gasteiger partial charge in [0.2, 0.25) is 6.10 Å². The lowest BCUT2D eigenvalue weighted by Crippen LogP contribution is -2.44. The van der Waals surface area contributed by atoms with Crippen molar-refractivity contribution >= 4 is 27.9 Å². The van der Waals surface area contributed by atoms with Crippen LogP contribution in [-0.2, 0) is 24.5 Å². The SMILES string of the molecule is O=C(O[C@H]1C(=O)OCC1(c1ccccc1)c1ccccc1)C(Br)c1ccccc1. The molecule has 1 aliphatic heterocycles. The molecule has 0 radical (unpaired) electrons. The highest BCUT2D eigenvalue weighted by molar-refractivity contribution is 9.09. The number of benzene rings is 3. The molecule has 4 nitrogen and oxygen atoms in total. The van der Waals surface area contributed by atoms with Crippen LogP contribution in [0, 0.1) is 0 Å². The third-order valence-electron chi connectivity index (χ3n) is 5.21. The van der Waals surface area contributed by atoms with E-state index in [2.05, 4.69) is 15.9 Å². The Bertz CT molecular complexity index is 950. The first-order valence-electron chi connectivity index (χ1n) is 9.30. The maximum Gasteiger partial charge on any atom is 0.348 e. The summed E-state index contributed by atoms with van der Waals surface area (Å²) in [6, 6.07) is 28.4. The molecule has 0 aromatic heterocycles. The molecule has 0 aliphatic carbocycles. The predicted molar refractivity (Wildman–Crippen MR) is 113 cm³/mol. The molecule has 29 heavy (non-hydrogen) atoms. The van der Waals surface area contributed by atoms with Crippen molar-refractivity contribution in [2.45, 2.75) is 16.3 Å². The molecule has 1 fully saturated rings. The van der Waals surface area contributed by atoms with E-state index in [1.54, 1.807) is 0 Å². The standard InChI is InChI=1S/C24H19BrO4/c25-20(17-10-4-1-5-11-17)22(26)29-21-23(27)28-16-24(21,18-12-6-2-7-13-18)19-14-8-3-9-15-19/h1-15,20-21H,16H2/t20?,21-/m0/s1. The molecule has 1 saturated heterocycles. The first-order valence-corrected chi connectivity index (χ1v) is 10.2. The van der Waals surface area contributed by atoms with Crippen LogP contribution in [0.3, 0.4) is 0 Å². The maximum absolute atomic E-state index is 12.9. The van der Waals surface area contributed by atoms with Gasteiger partial charge in [0.15, 0.2) is 0 Å². The van der Waals surface area contributed by atoms with Crippen LogP contribution < -0.4 is 0 Å². The van der Waals surface area contributed by atoms with Gasteiger partial charge in [0.05, 0.1) is 0 Å². The van der Waals surface area contributed by atoms with Crippen LogP contribution in [-0.4, -0.2) is 24.6 Å². The van der Waals surface area contributed by atoms with Crippen molar-refractivity contribution in [1.82, 2.24) is 0 Å². The summed E-state index contributed by atoms with van der Waals surface area (Å²) in [5.74, 6) is -1.07. The number of rotatable bonds is 5. The van der Waals surface area contributed by atoms with E-state index in [-0.39, 0.29) is 6.61 Å². The lowest BCUT2D eigenvalue weighted by atomic mass is 9.72. The van der Waals surface area contributed by atoms with Crippen LogP contribution in [0.1, 0.15) is 21.5 Å². The molecule has 4 rings (SSSR count). The van der Waals surface area contributed by atoms with E-state index in [0.717, 1.165) is 16.7 Å². The molecule has 1 aliphatic rings. The summed E-state index contributed by atoms with van der Waals surface area (Å²) in [5, 5.41) is 0. The second kappa shape index (κ2) is 8.21. The molecular formula is C24H19BrO4. The Hall–Kier alpha value is -2.92. The molecule has 0 bridgehead atoms. The molecule has 2 atom stereocenters. The van der Waals surface area contributed by atoms with Crippen LogP contribution >= 0.6 is 15.9 Å². The minimum Gasteiger partial charge on any atom is -0.461 e. The van der Waals surface area contributed by atoms with Crippen LogP contribution in [0.15, 0.2) is 91.0 Å². The van der Waals surface area contributed by atoms with E-state index < -0.39 is 28.3 Å². The molecule has 0 saturated carbocycles. The Morgan fingerprint density at radius 2 is 1.38 bits per heavy atom. The second-order valence-corrected chi connectivity index (χ2v) is 7.82. The summed E-state index contributed by atoms with van der Waals surface area (Å²) in [7, 11) is 0. The monoisotopic (exact) mass is 450 g/mol. The normalized spacial score (nSPS) is 18.7. The van der Waals surface area contributed by atoms with Crippen molar-refractivity contribution in [3.8, 4) is 0 Å². The lowest BCUT2D eigenvalue weighted by Gasteiger charge is -2.32. The van der Waals surface area contributed by atoms with Gasteiger partial charge in [-0.15, -0.1) is 0 Å². The summed E-state index contributed by atoms with van der Waals surface area (Å²) in [6.07, 6.45) is -1.08. The summed E-state index contributed by atoms with van der Waals surface area (Å²) < 4.78 is 11.2. The third-order valence-corrected chi connectivity index (χ3v) is 6.12. The molecule has 3 aromatic rings. The Morgan fingerprint density at radius 1 is 0.897 bits per heavy atom. The molecule has 0 spiro atoms. The number of carbonyl (C=O) groups excluding carboxylic acids is 2. The zero-order valence-corrected chi connectivity index (χ0v) is 17.1. The van der Waals surface area contributed by atoms with Crippen LogP contribution in [0.25, 0.3) is 0 Å². The molecule has 3 aromatic carbocycles. The topological polar surface area (TPSA) is 52.6 Å². The fraction of sp³-hybridized carbons (Fsp3) is 0.167. The molecule has 5 heteroatoms. The van der Waals surface area contributed by atoms with Crippen LogP contribution in [0.4, 0.5) is 0 Å². The smallest absolute Gasteiger partial charge is 0.348 e. The second-order valence-electron chi connectivity index (χ2n) is 6.90. The summed E-state index contributed by atoms with van der Waals surface area (Å²) in [6.45, 7) is 0.107. The van der Waals surface area contributed by atoms with Crippen molar-refractivity contribution in [2.75, 3.05) is 6.61 Å². The highest BCUT2D eigenvalue weighted by Crippen LogP contribution is 2.43. The van der Waals surface area contributed by atoms with E-state index in [0.29, 0.717) is 0 Å². The molecule has 146 valence electrons. The van der Waals surface area contributed by atoms with Crippen molar-refractivity contribution < 1.29 is 19.1 Å². The minimum atomic E-state index is -1.08. The van der Waals surface area contributed by atoms with E-state index in [9.17, 15) is 9.59 Å². The van der Waals surface area contributed by atoms with Crippen molar-refractivity contribution in [2.24, 2.45) is 0 Å². The fourth-order valence-corrected chi connectivity index (χ4v) is 4.14. The van der Waals surface area contributed by atoms with Gasteiger partial charge in [-0.25, -0.2) is 4.79 Å². The Labute approximate surface area is 177 Å². The minimum absolute atomic E-state index is 0.107. The van der Waals surface area contributed by atoms with Gasteiger partial charge in [0, 0.05) is 0 Å². The third kappa shape index (κ3) is 3.58. The highest BCUT2D eigenvalue weighted by atomic mass is 79.9. The van der Waals surface area contributed by atoms with Gasteiger partial charge in [0.1, 0.15) is 16.8 Å². The van der Waals surface area contributed by atoms with Gasteiger partial charge in [0.25, 0.3) is 0 Å². The molecule has 1 unspecified atom stereocenters. The van der Waals surface area contributed by atoms with Gasteiger partial charge in [-0.2, -0.15) is 0 Å². The van der Waals surface area contributed by atoms with Crippen molar-refractivity contribution in [3.05, 3.63) is 108 Å². The molecule has 0 N–H and O–H groups in total. The maximum atomic E-state index is 12.9. The fourth-order valence-electron chi connectivity index (χ4n) is 3.73. The summed E-state index contributed by atoms with van der Waals surface area (Å²) >= 11 is 3.40. The van der Waals surface area contributed by atoms with E-state index >= 15 is 0 Å². The van der Waals surface area contributed by atoms with E-state index in [1.807, 2.05) is 91.0 Å². The molecule has 0 amide bonds. The molecular weight excluding hydrogens is 432 g/mol. The number of halogens is 1.